The predicted molar refractivity (Wildman–Crippen MR) is 66.9 cm³/mol. The Morgan fingerprint density at radius 2 is 1.65 bits per heavy atom. The molecule has 2 rings (SSSR count). The maximum Gasteiger partial charge on any atom is 3.00 e. The van der Waals surface area contributed by atoms with Crippen LogP contribution in [0.25, 0.3) is 0 Å². The molecule has 0 N–H and O–H groups in total. The first-order valence-corrected chi connectivity index (χ1v) is 7.02. The van der Waals surface area contributed by atoms with Gasteiger partial charge in [-0.1, -0.05) is 25.7 Å². The van der Waals surface area contributed by atoms with Crippen molar-refractivity contribution in [3.8, 4) is 0 Å². The zero-order chi connectivity index (χ0) is 11.5. The van der Waals surface area contributed by atoms with Crippen molar-refractivity contribution in [1.29, 1.82) is 0 Å². The summed E-state index contributed by atoms with van der Waals surface area (Å²) in [5, 5.41) is 0. The monoisotopic (exact) mass is 310 g/mol. The summed E-state index contributed by atoms with van der Waals surface area (Å²) in [6.45, 7) is 6.11. The Balaban J connectivity index is 0.00000144. The van der Waals surface area contributed by atoms with Crippen LogP contribution in [0.2, 0.25) is 0 Å². The van der Waals surface area contributed by atoms with E-state index in [2.05, 4.69) is 13.8 Å². The summed E-state index contributed by atoms with van der Waals surface area (Å²) >= 11 is 0. The second-order valence-electron chi connectivity index (χ2n) is 5.98. The molecule has 2 aliphatic carbocycles. The van der Waals surface area contributed by atoms with E-state index in [1.165, 1.54) is 32.1 Å². The van der Waals surface area contributed by atoms with E-state index in [9.17, 15) is 4.79 Å². The number of Topliss-reactive ketones (excluding diaryl/α,β-unsaturated/α-hetero) is 1. The molecule has 0 radical (unpaired) electrons. The SMILES string of the molecule is [CH2-]CC1CCC(C2CCC(C)C(=O)C2)CC1.[Y+3]. The van der Waals surface area contributed by atoms with Gasteiger partial charge in [0.1, 0.15) is 5.78 Å². The summed E-state index contributed by atoms with van der Waals surface area (Å²) < 4.78 is 0. The molecular formula is C15H25OY+2. The molecule has 2 saturated carbocycles. The molecule has 2 atom stereocenters. The molecule has 0 aromatic heterocycles. The van der Waals surface area contributed by atoms with Crippen LogP contribution in [0.4, 0.5) is 0 Å². The van der Waals surface area contributed by atoms with Crippen LogP contribution >= 0.6 is 0 Å². The van der Waals surface area contributed by atoms with Gasteiger partial charge in [0.15, 0.2) is 0 Å². The predicted octanol–water partition coefficient (Wildman–Crippen LogP) is 4.02. The fourth-order valence-electron chi connectivity index (χ4n) is 3.54. The number of hydrogen-bond acceptors (Lipinski definition) is 1. The van der Waals surface area contributed by atoms with Gasteiger partial charge in [0.25, 0.3) is 0 Å². The maximum atomic E-state index is 11.8. The zero-order valence-electron chi connectivity index (χ0n) is 11.2. The Labute approximate surface area is 131 Å². The first-order chi connectivity index (χ1) is 7.70. The van der Waals surface area contributed by atoms with Crippen LogP contribution in [-0.4, -0.2) is 5.78 Å². The van der Waals surface area contributed by atoms with Crippen molar-refractivity contribution >= 4 is 5.78 Å². The van der Waals surface area contributed by atoms with E-state index < -0.39 is 0 Å². The Morgan fingerprint density at radius 1 is 1.06 bits per heavy atom. The third-order valence-corrected chi connectivity index (χ3v) is 4.95. The number of carbonyl (C=O) groups is 1. The number of rotatable bonds is 2. The molecule has 2 fully saturated rings. The second-order valence-corrected chi connectivity index (χ2v) is 5.98. The first-order valence-electron chi connectivity index (χ1n) is 7.02. The van der Waals surface area contributed by atoms with E-state index in [0.717, 1.165) is 37.0 Å². The van der Waals surface area contributed by atoms with Crippen LogP contribution in [0.3, 0.4) is 0 Å². The molecule has 0 aliphatic heterocycles. The Kier molecular flexibility index (Phi) is 6.88. The zero-order valence-corrected chi connectivity index (χ0v) is 14.0. The summed E-state index contributed by atoms with van der Waals surface area (Å²) in [4.78, 5) is 11.8. The number of ketones is 1. The van der Waals surface area contributed by atoms with E-state index in [4.69, 9.17) is 0 Å². The van der Waals surface area contributed by atoms with Gasteiger partial charge in [-0.05, 0) is 37.5 Å². The molecule has 0 heterocycles. The average Bonchev–Trinajstić information content (AvgIpc) is 2.33. The summed E-state index contributed by atoms with van der Waals surface area (Å²) in [5.41, 5.74) is 0. The van der Waals surface area contributed by atoms with Gasteiger partial charge in [-0.3, -0.25) is 4.79 Å². The van der Waals surface area contributed by atoms with Crippen molar-refractivity contribution in [3.05, 3.63) is 6.92 Å². The van der Waals surface area contributed by atoms with Gasteiger partial charge in [0.2, 0.25) is 0 Å². The van der Waals surface area contributed by atoms with Gasteiger partial charge in [-0.15, -0.1) is 0 Å². The van der Waals surface area contributed by atoms with Gasteiger partial charge < -0.3 is 6.92 Å². The minimum Gasteiger partial charge on any atom is -0.343 e. The molecule has 2 aliphatic rings. The normalized spacial score (nSPS) is 38.6. The van der Waals surface area contributed by atoms with E-state index in [0.29, 0.717) is 11.7 Å². The van der Waals surface area contributed by atoms with Crippen molar-refractivity contribution in [1.82, 2.24) is 0 Å². The van der Waals surface area contributed by atoms with E-state index >= 15 is 0 Å². The Hall–Kier alpha value is 0.774. The number of carbonyl (C=O) groups excluding carboxylic acids is 1. The van der Waals surface area contributed by atoms with Crippen molar-refractivity contribution < 1.29 is 37.5 Å². The third kappa shape index (κ3) is 4.13. The van der Waals surface area contributed by atoms with Gasteiger partial charge in [0, 0.05) is 12.3 Å². The van der Waals surface area contributed by atoms with Crippen LogP contribution in [0.15, 0.2) is 0 Å². The van der Waals surface area contributed by atoms with Crippen molar-refractivity contribution in [2.24, 2.45) is 23.7 Å². The van der Waals surface area contributed by atoms with Gasteiger partial charge in [-0.25, -0.2) is 0 Å². The van der Waals surface area contributed by atoms with Crippen molar-refractivity contribution in [2.45, 2.75) is 58.3 Å². The molecule has 0 spiro atoms. The third-order valence-electron chi connectivity index (χ3n) is 4.95. The standard InChI is InChI=1S/C15H25O.Y/c1-3-12-5-8-13(9-6-12)14-7-4-11(2)15(16)10-14;/h11-14H,1,3-10H2,2H3;/q-1;+3. The quantitative estimate of drug-likeness (QED) is 0.704. The molecule has 92 valence electrons. The molecule has 2 heteroatoms. The molecule has 1 nitrogen and oxygen atoms in total. The van der Waals surface area contributed by atoms with Crippen molar-refractivity contribution in [3.63, 3.8) is 0 Å². The van der Waals surface area contributed by atoms with E-state index in [-0.39, 0.29) is 32.7 Å². The van der Waals surface area contributed by atoms with Crippen LogP contribution in [-0.2, 0) is 37.5 Å². The second kappa shape index (κ2) is 7.38. The van der Waals surface area contributed by atoms with Gasteiger partial charge >= 0.3 is 32.7 Å². The van der Waals surface area contributed by atoms with Crippen LogP contribution in [0.1, 0.15) is 58.3 Å². The van der Waals surface area contributed by atoms with Crippen LogP contribution in [0, 0.1) is 30.6 Å². The Morgan fingerprint density at radius 3 is 2.18 bits per heavy atom. The topological polar surface area (TPSA) is 17.1 Å². The average molecular weight is 310 g/mol. The minimum absolute atomic E-state index is 0. The number of hydrogen-bond donors (Lipinski definition) is 0. The molecule has 0 aromatic carbocycles. The van der Waals surface area contributed by atoms with Gasteiger partial charge in [-0.2, -0.15) is 6.42 Å². The fraction of sp³-hybridized carbons (Fsp3) is 0.867. The van der Waals surface area contributed by atoms with Gasteiger partial charge in [0.05, 0.1) is 0 Å². The summed E-state index contributed by atoms with van der Waals surface area (Å²) in [7, 11) is 0. The van der Waals surface area contributed by atoms with Crippen molar-refractivity contribution in [2.75, 3.05) is 0 Å². The van der Waals surface area contributed by atoms with Crippen LogP contribution < -0.4 is 0 Å². The molecule has 17 heavy (non-hydrogen) atoms. The molecule has 0 bridgehead atoms. The molecular weight excluding hydrogens is 285 g/mol. The maximum absolute atomic E-state index is 11.8. The smallest absolute Gasteiger partial charge is 0.343 e. The first kappa shape index (κ1) is 15.8. The molecule has 0 amide bonds. The van der Waals surface area contributed by atoms with E-state index in [1.807, 2.05) is 0 Å². The van der Waals surface area contributed by atoms with Crippen LogP contribution in [0.5, 0.6) is 0 Å². The molecule has 2 unspecified atom stereocenters. The fourth-order valence-corrected chi connectivity index (χ4v) is 3.54. The largest absolute Gasteiger partial charge is 3.00 e. The summed E-state index contributed by atoms with van der Waals surface area (Å²) in [6.07, 6.45) is 9.83. The summed E-state index contributed by atoms with van der Waals surface area (Å²) in [6, 6.07) is 0. The molecule has 0 aromatic rings. The van der Waals surface area contributed by atoms with E-state index in [1.54, 1.807) is 0 Å². The minimum atomic E-state index is 0. The summed E-state index contributed by atoms with van der Waals surface area (Å²) in [5.74, 6) is 3.30. The Bertz CT molecular complexity index is 243. The molecule has 0 saturated heterocycles.